The summed E-state index contributed by atoms with van der Waals surface area (Å²) in [7, 11) is 0. The molecule has 0 aromatic heterocycles. The number of hydrogen-bond acceptors (Lipinski definition) is 13. The van der Waals surface area contributed by atoms with E-state index in [-0.39, 0.29) is 25.2 Å². The Balaban J connectivity index is 1.65. The minimum absolute atomic E-state index is 0.00479. The fraction of sp³-hybridized carbons (Fsp3) is 0.711. The molecule has 5 fully saturated rings. The maximum Gasteiger partial charge on any atom is 0.308 e. The average Bonchev–Trinajstić information content (AvgIpc) is 3.50. The third-order valence-corrected chi connectivity index (χ3v) is 12.7. The van der Waals surface area contributed by atoms with Crippen molar-refractivity contribution in [1.82, 2.24) is 0 Å². The van der Waals surface area contributed by atoms with Gasteiger partial charge in [-0.2, -0.15) is 0 Å². The first kappa shape index (κ1) is 36.8. The molecule has 6 aliphatic carbocycles. The molecule has 13 nitrogen and oxygen atoms in total. The monoisotopic (exact) mass is 712 g/mol. The number of rotatable bonds is 7. The second-order valence-electron chi connectivity index (χ2n) is 16.5. The quantitative estimate of drug-likeness (QED) is 0.213. The molecule has 0 aromatic carbocycles. The molecule has 4 saturated carbocycles. The molecule has 13 heteroatoms. The number of hydrogen-bond donors (Lipinski definition) is 0. The Morgan fingerprint density at radius 3 is 1.92 bits per heavy atom. The van der Waals surface area contributed by atoms with Crippen LogP contribution in [-0.2, 0) is 62.0 Å². The van der Waals surface area contributed by atoms with Gasteiger partial charge in [0.25, 0.3) is 0 Å². The number of esters is 6. The number of carbonyl (C=O) groups is 7. The molecule has 1 saturated heterocycles. The molecule has 0 unspecified atom stereocenters. The number of ether oxygens (including phenoxy) is 6. The molecule has 0 N–H and O–H groups in total. The average molecular weight is 713 g/mol. The molecule has 7 rings (SSSR count). The minimum Gasteiger partial charge on any atom is -0.465 e. The summed E-state index contributed by atoms with van der Waals surface area (Å²) >= 11 is 0. The number of ketones is 1. The molecule has 0 aromatic rings. The summed E-state index contributed by atoms with van der Waals surface area (Å²) in [5.74, 6) is -7.06. The van der Waals surface area contributed by atoms with Crippen molar-refractivity contribution in [3.05, 3.63) is 23.8 Å². The SMILES string of the molecule is CC(=O)O[C@H]1[C@@H](OC(=O)C(C)C)[C@@]23CC4=CC(=O)[C@@H]([C@H]5COC(=O)C5)[C@]4(C)[C@@H](OC(C)=O)[C@@H](OC(C)=O)[C@@H]2[C@]2(C=C[C@@H](OC(C)=O)C(C)(C)[C@H]12)C3. The first-order valence-electron chi connectivity index (χ1n) is 17.7. The van der Waals surface area contributed by atoms with Crippen molar-refractivity contribution in [3.8, 4) is 0 Å². The molecule has 12 atom stereocenters. The Morgan fingerprint density at radius 1 is 0.804 bits per heavy atom. The zero-order chi connectivity index (χ0) is 37.6. The van der Waals surface area contributed by atoms with Crippen molar-refractivity contribution in [3.63, 3.8) is 0 Å². The summed E-state index contributed by atoms with van der Waals surface area (Å²) in [6.45, 7) is 14.0. The fourth-order valence-corrected chi connectivity index (χ4v) is 11.2. The second kappa shape index (κ2) is 12.3. The predicted octanol–water partition coefficient (Wildman–Crippen LogP) is 3.60. The van der Waals surface area contributed by atoms with Crippen LogP contribution < -0.4 is 0 Å². The van der Waals surface area contributed by atoms with Gasteiger partial charge in [0.15, 0.2) is 5.78 Å². The lowest BCUT2D eigenvalue weighted by atomic mass is 9.29. The van der Waals surface area contributed by atoms with E-state index >= 15 is 0 Å². The largest absolute Gasteiger partial charge is 0.465 e. The Bertz CT molecular complexity index is 1640. The van der Waals surface area contributed by atoms with Crippen LogP contribution in [0.15, 0.2) is 23.8 Å². The highest BCUT2D eigenvalue weighted by atomic mass is 16.6. The first-order chi connectivity index (χ1) is 23.7. The van der Waals surface area contributed by atoms with Crippen LogP contribution in [0.25, 0.3) is 0 Å². The van der Waals surface area contributed by atoms with Crippen molar-refractivity contribution < 1.29 is 62.0 Å². The third kappa shape index (κ3) is 5.43. The summed E-state index contributed by atoms with van der Waals surface area (Å²) in [4.78, 5) is 91.6. The number of cyclic esters (lactones) is 1. The molecule has 2 bridgehead atoms. The third-order valence-electron chi connectivity index (χ3n) is 12.7. The van der Waals surface area contributed by atoms with Gasteiger partial charge in [0.1, 0.15) is 30.5 Å². The summed E-state index contributed by atoms with van der Waals surface area (Å²) in [5.41, 5.74) is -3.61. The zero-order valence-corrected chi connectivity index (χ0v) is 30.6. The van der Waals surface area contributed by atoms with Gasteiger partial charge >= 0.3 is 35.8 Å². The molecule has 0 amide bonds. The maximum atomic E-state index is 14.1. The minimum atomic E-state index is -1.27. The van der Waals surface area contributed by atoms with Crippen LogP contribution in [0.3, 0.4) is 0 Å². The van der Waals surface area contributed by atoms with E-state index in [1.165, 1.54) is 33.8 Å². The fourth-order valence-electron chi connectivity index (χ4n) is 11.2. The van der Waals surface area contributed by atoms with Gasteiger partial charge in [0.2, 0.25) is 0 Å². The Kier molecular flexibility index (Phi) is 8.86. The number of carbonyl (C=O) groups excluding carboxylic acids is 7. The van der Waals surface area contributed by atoms with Crippen molar-refractivity contribution in [2.75, 3.05) is 6.61 Å². The van der Waals surface area contributed by atoms with Gasteiger partial charge < -0.3 is 28.4 Å². The smallest absolute Gasteiger partial charge is 0.308 e. The van der Waals surface area contributed by atoms with Crippen molar-refractivity contribution in [2.45, 2.75) is 112 Å². The molecule has 1 aliphatic heterocycles. The van der Waals surface area contributed by atoms with Gasteiger partial charge in [0, 0.05) is 73.0 Å². The van der Waals surface area contributed by atoms with Crippen LogP contribution >= 0.6 is 0 Å². The topological polar surface area (TPSA) is 175 Å². The molecule has 51 heavy (non-hydrogen) atoms. The van der Waals surface area contributed by atoms with Gasteiger partial charge in [-0.3, -0.25) is 33.6 Å². The van der Waals surface area contributed by atoms with E-state index in [1.54, 1.807) is 26.8 Å². The molecular formula is C38H48O13. The highest BCUT2D eigenvalue weighted by molar-refractivity contribution is 5.97. The van der Waals surface area contributed by atoms with Crippen molar-refractivity contribution in [2.24, 2.45) is 51.2 Å². The van der Waals surface area contributed by atoms with E-state index in [2.05, 4.69) is 0 Å². The van der Waals surface area contributed by atoms with Gasteiger partial charge in [-0.25, -0.2) is 0 Å². The Labute approximate surface area is 297 Å². The van der Waals surface area contributed by atoms with E-state index in [9.17, 15) is 33.6 Å². The van der Waals surface area contributed by atoms with Crippen LogP contribution in [0.5, 0.6) is 0 Å². The van der Waals surface area contributed by atoms with Crippen LogP contribution in [0.1, 0.15) is 81.6 Å². The van der Waals surface area contributed by atoms with Gasteiger partial charge in [-0.05, 0) is 25.0 Å². The second-order valence-corrected chi connectivity index (χ2v) is 16.5. The van der Waals surface area contributed by atoms with E-state index in [1.807, 2.05) is 19.9 Å². The summed E-state index contributed by atoms with van der Waals surface area (Å²) in [5, 5.41) is 0. The van der Waals surface area contributed by atoms with E-state index < -0.39 is 118 Å². The van der Waals surface area contributed by atoms with Gasteiger partial charge in [-0.15, -0.1) is 0 Å². The van der Waals surface area contributed by atoms with Crippen LogP contribution in [0.2, 0.25) is 0 Å². The Hall–Kier alpha value is -4.03. The zero-order valence-electron chi connectivity index (χ0n) is 30.6. The summed E-state index contributed by atoms with van der Waals surface area (Å²) in [6, 6.07) is 0. The normalized spacial score (nSPS) is 41.4. The molecule has 1 heterocycles. The first-order valence-corrected chi connectivity index (χ1v) is 17.7. The van der Waals surface area contributed by atoms with E-state index in [0.717, 1.165) is 0 Å². The number of fused-ring (bicyclic) bond motifs is 2. The van der Waals surface area contributed by atoms with Crippen LogP contribution in [0.4, 0.5) is 0 Å². The van der Waals surface area contributed by atoms with Crippen molar-refractivity contribution >= 4 is 41.6 Å². The Morgan fingerprint density at radius 2 is 1.39 bits per heavy atom. The molecule has 278 valence electrons. The van der Waals surface area contributed by atoms with E-state index in [0.29, 0.717) is 12.0 Å². The maximum absolute atomic E-state index is 14.1. The van der Waals surface area contributed by atoms with Crippen LogP contribution in [-0.4, -0.2) is 78.7 Å². The lowest BCUT2D eigenvalue weighted by molar-refractivity contribution is -0.337. The highest BCUT2D eigenvalue weighted by Gasteiger charge is 2.84. The lowest BCUT2D eigenvalue weighted by Gasteiger charge is -2.76. The highest BCUT2D eigenvalue weighted by Crippen LogP contribution is 2.80. The molecule has 0 radical (unpaired) electrons. The molecule has 7 aliphatic rings. The molecular weight excluding hydrogens is 664 g/mol. The van der Waals surface area contributed by atoms with Crippen LogP contribution in [0, 0.1) is 51.2 Å². The number of allylic oxidation sites excluding steroid dienone is 2. The van der Waals surface area contributed by atoms with Gasteiger partial charge in [-0.1, -0.05) is 46.3 Å². The summed E-state index contributed by atoms with van der Waals surface area (Å²) in [6.07, 6.45) is 0.445. The standard InChI is InChI=1S/C38H48O13/c1-17(2)34(45)51-33-28(48-19(4)40)30-35(7,8)25(47-18(3)39)10-11-37(30)16-38(33)14-23-13-24(43)27(22-12-26(44)46-15-22)36(23,9)32(50-21(6)42)29(31(37)38)49-20(5)41/h10-11,13,17,22,25,27-33H,12,14-16H2,1-9H3/t22-,25-,27-,28-,29+,30+,31-,32+,33-,36-,37-,38-/m1/s1. The predicted molar refractivity (Wildman–Crippen MR) is 175 cm³/mol. The lowest BCUT2D eigenvalue weighted by Crippen LogP contribution is -2.80. The van der Waals surface area contributed by atoms with E-state index in [4.69, 9.17) is 28.4 Å². The molecule has 2 spiro atoms. The summed E-state index contributed by atoms with van der Waals surface area (Å²) < 4.78 is 36.2. The van der Waals surface area contributed by atoms with Gasteiger partial charge in [0.05, 0.1) is 18.9 Å². The van der Waals surface area contributed by atoms with Crippen molar-refractivity contribution in [1.29, 1.82) is 0 Å².